The Labute approximate surface area is 594 Å². The van der Waals surface area contributed by atoms with E-state index in [0.717, 1.165) is 108 Å². The Kier molecular flexibility index (Phi) is 67.1. The van der Waals surface area contributed by atoms with Gasteiger partial charge in [-0.05, 0) is 43.4 Å². The van der Waals surface area contributed by atoms with Crippen LogP contribution in [0.25, 0.3) is 0 Å². The van der Waals surface area contributed by atoms with Crippen LogP contribution in [-0.4, -0.2) is 96.7 Å². The minimum Gasteiger partial charge on any atom is -0.462 e. The van der Waals surface area contributed by atoms with Gasteiger partial charge in [-0.15, -0.1) is 0 Å². The standard InChI is InChI=1S/C78H152O17P2/c1-8-10-11-12-13-28-38-45-52-59-75(80)88-65-74(95-78(83)62-55-48-41-34-33-36-43-50-57-70(5)6)68-93-97(86,87)91-64-72(79)63-90-96(84,85)92-67-73(66-89-76(81)60-53-46-39-31-26-23-22-24-29-35-42-49-56-69(3)4)94-77(82)61-54-47-40-32-27-21-19-17-15-14-16-18-20-25-30-37-44-51-58-71(7)9-2/h69-74,79H,8-68H2,1-7H3,(H,84,85)(H,86,87)/t71?,72-,73-,74-/m1/s1. The zero-order valence-corrected chi connectivity index (χ0v) is 65.3. The van der Waals surface area contributed by atoms with Gasteiger partial charge in [-0.3, -0.25) is 37.3 Å². The molecule has 0 radical (unpaired) electrons. The van der Waals surface area contributed by atoms with Crippen LogP contribution in [0.5, 0.6) is 0 Å². The molecule has 19 heteroatoms. The van der Waals surface area contributed by atoms with Gasteiger partial charge in [0.25, 0.3) is 0 Å². The topological polar surface area (TPSA) is 237 Å². The summed E-state index contributed by atoms with van der Waals surface area (Å²) >= 11 is 0. The molecule has 0 heterocycles. The first-order chi connectivity index (χ1) is 46.8. The number of phosphoric acid groups is 2. The Morgan fingerprint density at radius 2 is 0.526 bits per heavy atom. The van der Waals surface area contributed by atoms with Crippen molar-refractivity contribution < 1.29 is 80.2 Å². The van der Waals surface area contributed by atoms with E-state index in [1.165, 1.54) is 212 Å². The SMILES string of the molecule is CCCCCCCCCCCC(=O)OC[C@H](COP(=O)(O)OC[C@H](O)COP(=O)(O)OC[C@@H](COC(=O)CCCCCCCCCCCCCCC(C)C)OC(=O)CCCCCCCCCCCCCCCCCCCCC(C)CC)OC(=O)CCCCCCCCCCC(C)C. The van der Waals surface area contributed by atoms with E-state index in [2.05, 4.69) is 48.5 Å². The zero-order chi connectivity index (χ0) is 71.6. The normalized spacial score (nSPS) is 14.3. The van der Waals surface area contributed by atoms with E-state index in [-0.39, 0.29) is 25.7 Å². The first kappa shape index (κ1) is 95.1. The Bertz CT molecular complexity index is 1890. The molecule has 0 spiro atoms. The lowest BCUT2D eigenvalue weighted by molar-refractivity contribution is -0.161. The lowest BCUT2D eigenvalue weighted by atomic mass is 9.99. The maximum Gasteiger partial charge on any atom is 0.472 e. The van der Waals surface area contributed by atoms with Gasteiger partial charge in [-0.25, -0.2) is 9.13 Å². The molecule has 0 rings (SSSR count). The van der Waals surface area contributed by atoms with E-state index in [0.29, 0.717) is 25.7 Å². The molecule has 6 atom stereocenters. The lowest BCUT2D eigenvalue weighted by Crippen LogP contribution is -2.30. The van der Waals surface area contributed by atoms with Crippen LogP contribution < -0.4 is 0 Å². The third-order valence-electron chi connectivity index (χ3n) is 18.5. The first-order valence-electron chi connectivity index (χ1n) is 40.4. The van der Waals surface area contributed by atoms with Gasteiger partial charge in [0, 0.05) is 25.7 Å². The molecule has 0 amide bonds. The van der Waals surface area contributed by atoms with Gasteiger partial charge in [0.2, 0.25) is 0 Å². The zero-order valence-electron chi connectivity index (χ0n) is 63.5. The molecule has 0 aliphatic rings. The maximum atomic E-state index is 13.1. The molecule has 97 heavy (non-hydrogen) atoms. The third kappa shape index (κ3) is 70.9. The summed E-state index contributed by atoms with van der Waals surface area (Å²) in [6.45, 7) is 11.9. The van der Waals surface area contributed by atoms with Crippen LogP contribution in [0.15, 0.2) is 0 Å². The average Bonchev–Trinajstić information content (AvgIpc) is 1.000. The number of hydrogen-bond acceptors (Lipinski definition) is 15. The van der Waals surface area contributed by atoms with Gasteiger partial charge in [0.1, 0.15) is 19.3 Å². The molecule has 0 aromatic rings. The molecule has 0 aromatic carbocycles. The van der Waals surface area contributed by atoms with Crippen molar-refractivity contribution in [1.29, 1.82) is 0 Å². The highest BCUT2D eigenvalue weighted by molar-refractivity contribution is 7.47. The number of unbranched alkanes of at least 4 members (excludes halogenated alkanes) is 43. The van der Waals surface area contributed by atoms with Gasteiger partial charge in [0.05, 0.1) is 26.4 Å². The molecule has 0 saturated carbocycles. The number of esters is 4. The highest BCUT2D eigenvalue weighted by atomic mass is 31.2. The average molecular weight is 1420 g/mol. The van der Waals surface area contributed by atoms with E-state index >= 15 is 0 Å². The van der Waals surface area contributed by atoms with Crippen LogP contribution in [0.1, 0.15) is 402 Å². The summed E-state index contributed by atoms with van der Waals surface area (Å²) in [6.07, 6.45) is 55.6. The van der Waals surface area contributed by atoms with E-state index in [1.54, 1.807) is 0 Å². The third-order valence-corrected chi connectivity index (χ3v) is 20.4. The minimum atomic E-state index is -4.96. The van der Waals surface area contributed by atoms with Crippen LogP contribution in [0.4, 0.5) is 0 Å². The number of phosphoric ester groups is 2. The molecule has 0 fully saturated rings. The van der Waals surface area contributed by atoms with Crippen LogP contribution in [0.3, 0.4) is 0 Å². The highest BCUT2D eigenvalue weighted by Crippen LogP contribution is 2.45. The fourth-order valence-electron chi connectivity index (χ4n) is 11.9. The molecular formula is C78H152O17P2. The van der Waals surface area contributed by atoms with Crippen molar-refractivity contribution in [2.75, 3.05) is 39.6 Å². The molecule has 576 valence electrons. The monoisotopic (exact) mass is 1420 g/mol. The predicted octanol–water partition coefficient (Wildman–Crippen LogP) is 23.0. The van der Waals surface area contributed by atoms with Crippen molar-refractivity contribution in [1.82, 2.24) is 0 Å². The summed E-state index contributed by atoms with van der Waals surface area (Å²) in [6, 6.07) is 0. The highest BCUT2D eigenvalue weighted by Gasteiger charge is 2.30. The van der Waals surface area contributed by atoms with Gasteiger partial charge < -0.3 is 33.8 Å². The fraction of sp³-hybridized carbons (Fsp3) is 0.949. The largest absolute Gasteiger partial charge is 0.472 e. The second-order valence-corrected chi connectivity index (χ2v) is 32.2. The summed E-state index contributed by atoms with van der Waals surface area (Å²) in [5.74, 6) is 0.253. The quantitative estimate of drug-likeness (QED) is 0.0222. The molecular weight excluding hydrogens is 1270 g/mol. The van der Waals surface area contributed by atoms with Crippen LogP contribution in [-0.2, 0) is 65.4 Å². The van der Waals surface area contributed by atoms with Gasteiger partial charge in [0.15, 0.2) is 12.2 Å². The maximum absolute atomic E-state index is 13.1. The summed E-state index contributed by atoms with van der Waals surface area (Å²) in [5, 5.41) is 10.6. The summed E-state index contributed by atoms with van der Waals surface area (Å²) < 4.78 is 68.5. The number of ether oxygens (including phenoxy) is 4. The van der Waals surface area contributed by atoms with Crippen LogP contribution in [0.2, 0.25) is 0 Å². The summed E-state index contributed by atoms with van der Waals surface area (Å²) in [7, 11) is -9.91. The van der Waals surface area contributed by atoms with Crippen molar-refractivity contribution in [2.24, 2.45) is 17.8 Å². The fourth-order valence-corrected chi connectivity index (χ4v) is 13.5. The van der Waals surface area contributed by atoms with E-state index in [1.807, 2.05) is 0 Å². The van der Waals surface area contributed by atoms with Crippen molar-refractivity contribution in [3.8, 4) is 0 Å². The molecule has 3 N–H and O–H groups in total. The van der Waals surface area contributed by atoms with Gasteiger partial charge in [-0.2, -0.15) is 0 Å². The number of aliphatic hydroxyl groups excluding tert-OH is 1. The Morgan fingerprint density at radius 1 is 0.299 bits per heavy atom. The molecule has 0 aromatic heterocycles. The lowest BCUT2D eigenvalue weighted by Gasteiger charge is -2.21. The Balaban J connectivity index is 5.19. The number of carbonyl (C=O) groups is 4. The van der Waals surface area contributed by atoms with Crippen molar-refractivity contribution in [3.63, 3.8) is 0 Å². The van der Waals surface area contributed by atoms with Crippen LogP contribution >= 0.6 is 15.6 Å². The molecule has 0 aliphatic carbocycles. The van der Waals surface area contributed by atoms with E-state index in [9.17, 15) is 43.2 Å². The smallest absolute Gasteiger partial charge is 0.462 e. The van der Waals surface area contributed by atoms with E-state index in [4.69, 9.17) is 37.0 Å². The molecule has 3 unspecified atom stereocenters. The molecule has 0 saturated heterocycles. The van der Waals surface area contributed by atoms with Crippen molar-refractivity contribution >= 4 is 39.5 Å². The second-order valence-electron chi connectivity index (χ2n) is 29.3. The second kappa shape index (κ2) is 68.5. The van der Waals surface area contributed by atoms with Crippen molar-refractivity contribution in [2.45, 2.75) is 420 Å². The van der Waals surface area contributed by atoms with Gasteiger partial charge in [-0.1, -0.05) is 350 Å². The van der Waals surface area contributed by atoms with Crippen molar-refractivity contribution in [3.05, 3.63) is 0 Å². The summed E-state index contributed by atoms with van der Waals surface area (Å²) in [4.78, 5) is 72.8. The van der Waals surface area contributed by atoms with Gasteiger partial charge >= 0.3 is 39.5 Å². The number of aliphatic hydroxyl groups is 1. The molecule has 17 nitrogen and oxygen atoms in total. The first-order valence-corrected chi connectivity index (χ1v) is 43.4. The Hall–Kier alpha value is -1.94. The summed E-state index contributed by atoms with van der Waals surface area (Å²) in [5.41, 5.74) is 0. The number of hydrogen-bond donors (Lipinski definition) is 3. The number of rotatable bonds is 76. The Morgan fingerprint density at radius 3 is 0.784 bits per heavy atom. The molecule has 0 aliphatic heterocycles. The van der Waals surface area contributed by atoms with Crippen LogP contribution in [0, 0.1) is 17.8 Å². The number of carbonyl (C=O) groups excluding carboxylic acids is 4. The van der Waals surface area contributed by atoms with E-state index < -0.39 is 97.5 Å². The predicted molar refractivity (Wildman–Crippen MR) is 395 cm³/mol. The minimum absolute atomic E-state index is 0.104. The molecule has 0 bridgehead atoms.